The molecule has 4 aromatic carbocycles. The zero-order valence-electron chi connectivity index (χ0n) is 24.9. The fourth-order valence-electron chi connectivity index (χ4n) is 4.80. The lowest BCUT2D eigenvalue weighted by atomic mass is 10.0. The Morgan fingerprint density at radius 1 is 0.864 bits per heavy atom. The van der Waals surface area contributed by atoms with Gasteiger partial charge in [-0.3, -0.25) is 13.9 Å². The topological polar surface area (TPSA) is 96.0 Å². The lowest BCUT2D eigenvalue weighted by Crippen LogP contribution is -2.53. The molecule has 0 unspecified atom stereocenters. The second-order valence-electron chi connectivity index (χ2n) is 10.2. The summed E-state index contributed by atoms with van der Waals surface area (Å²) in [5, 5.41) is 3.07. The van der Waals surface area contributed by atoms with E-state index in [0.29, 0.717) is 10.8 Å². The molecular formula is C34H36ClN3O5S. The first kappa shape index (κ1) is 32.6. The first-order valence-electron chi connectivity index (χ1n) is 14.2. The molecule has 10 heteroatoms. The van der Waals surface area contributed by atoms with Crippen LogP contribution in [0.3, 0.4) is 0 Å². The normalized spacial score (nSPS) is 11.8. The molecule has 4 rings (SSSR count). The summed E-state index contributed by atoms with van der Waals surface area (Å²) in [4.78, 5) is 29.2. The maximum Gasteiger partial charge on any atom is 0.264 e. The molecule has 0 aliphatic rings. The molecular weight excluding hydrogens is 598 g/mol. The molecule has 0 heterocycles. The summed E-state index contributed by atoms with van der Waals surface area (Å²) >= 11 is 6.06. The molecule has 1 atom stereocenters. The van der Waals surface area contributed by atoms with E-state index in [1.807, 2.05) is 61.5 Å². The Morgan fingerprint density at radius 3 is 2.14 bits per heavy atom. The SMILES string of the molecule is CCOc1ccccc1N(CC(=O)N(Cc1ccc(C)cc1)[C@H](Cc1ccccc1)C(=O)NC)S(=O)(=O)c1ccc(Cl)cc1. The number of hydrogen-bond acceptors (Lipinski definition) is 5. The number of carbonyl (C=O) groups excluding carboxylic acids is 2. The number of benzene rings is 4. The minimum atomic E-state index is -4.28. The Morgan fingerprint density at radius 2 is 1.50 bits per heavy atom. The molecule has 2 amide bonds. The highest BCUT2D eigenvalue weighted by atomic mass is 35.5. The van der Waals surface area contributed by atoms with Gasteiger partial charge in [-0.05, 0) is 61.4 Å². The molecule has 0 saturated carbocycles. The molecule has 0 saturated heterocycles. The van der Waals surface area contributed by atoms with Gasteiger partial charge in [-0.25, -0.2) is 8.42 Å². The standard InChI is InChI=1S/C34H36ClN3O5S/c1-4-43-32-13-9-8-12-30(32)38(44(41,42)29-20-18-28(35)19-21-29)24-33(39)37(23-27-16-14-25(2)15-17-27)31(34(40)36-3)22-26-10-6-5-7-11-26/h5-21,31H,4,22-24H2,1-3H3,(H,36,40)/t31-/m1/s1. The van der Waals surface area contributed by atoms with Crippen molar-refractivity contribution in [1.82, 2.24) is 10.2 Å². The number of sulfonamides is 1. The van der Waals surface area contributed by atoms with E-state index >= 15 is 0 Å². The Kier molecular flexibility index (Phi) is 11.0. The van der Waals surface area contributed by atoms with E-state index in [4.69, 9.17) is 16.3 Å². The first-order chi connectivity index (χ1) is 21.1. The van der Waals surface area contributed by atoms with Gasteiger partial charge < -0.3 is 15.0 Å². The highest BCUT2D eigenvalue weighted by Crippen LogP contribution is 2.33. The Hall–Kier alpha value is -4.34. The molecule has 0 bridgehead atoms. The number of carbonyl (C=O) groups is 2. The lowest BCUT2D eigenvalue weighted by Gasteiger charge is -2.34. The highest BCUT2D eigenvalue weighted by Gasteiger charge is 2.35. The van der Waals surface area contributed by atoms with Crippen LogP contribution in [-0.4, -0.2) is 51.4 Å². The third-order valence-corrected chi connectivity index (χ3v) is 9.13. The number of para-hydroxylation sites is 2. The van der Waals surface area contributed by atoms with Crippen LogP contribution in [0.25, 0.3) is 0 Å². The second-order valence-corrected chi connectivity index (χ2v) is 12.5. The Labute approximate surface area is 264 Å². The van der Waals surface area contributed by atoms with Gasteiger partial charge in [0, 0.05) is 25.0 Å². The molecule has 4 aromatic rings. The van der Waals surface area contributed by atoms with Gasteiger partial charge in [0.05, 0.1) is 17.2 Å². The van der Waals surface area contributed by atoms with E-state index in [1.54, 1.807) is 31.2 Å². The van der Waals surface area contributed by atoms with Crippen molar-refractivity contribution in [2.24, 2.45) is 0 Å². The number of ether oxygens (including phenoxy) is 1. The quantitative estimate of drug-likeness (QED) is 0.206. The number of nitrogens with one attached hydrogen (secondary N) is 1. The van der Waals surface area contributed by atoms with Crippen LogP contribution in [0.4, 0.5) is 5.69 Å². The first-order valence-corrected chi connectivity index (χ1v) is 16.1. The molecule has 0 spiro atoms. The number of nitrogens with zero attached hydrogens (tertiary/aromatic N) is 2. The maximum absolute atomic E-state index is 14.4. The maximum atomic E-state index is 14.4. The van der Waals surface area contributed by atoms with Crippen molar-refractivity contribution in [3.63, 3.8) is 0 Å². The third kappa shape index (κ3) is 7.98. The van der Waals surface area contributed by atoms with Crippen LogP contribution < -0.4 is 14.4 Å². The van der Waals surface area contributed by atoms with E-state index in [0.717, 1.165) is 21.0 Å². The third-order valence-electron chi connectivity index (χ3n) is 7.11. The zero-order valence-corrected chi connectivity index (χ0v) is 26.5. The summed E-state index contributed by atoms with van der Waals surface area (Å²) in [5.41, 5.74) is 2.90. The summed E-state index contributed by atoms with van der Waals surface area (Å²) in [6, 6.07) is 28.5. The number of likely N-dealkylation sites (N-methyl/N-ethyl adjacent to an activating group) is 1. The molecule has 8 nitrogen and oxygen atoms in total. The average Bonchev–Trinajstić information content (AvgIpc) is 3.03. The summed E-state index contributed by atoms with van der Waals surface area (Å²) in [6.07, 6.45) is 0.234. The number of hydrogen-bond donors (Lipinski definition) is 1. The highest BCUT2D eigenvalue weighted by molar-refractivity contribution is 7.92. The fraction of sp³-hybridized carbons (Fsp3) is 0.235. The van der Waals surface area contributed by atoms with Crippen LogP contribution in [0.5, 0.6) is 5.75 Å². The molecule has 0 aliphatic heterocycles. The number of anilines is 1. The predicted octanol–water partition coefficient (Wildman–Crippen LogP) is 5.63. The van der Waals surface area contributed by atoms with Crippen LogP contribution in [0.1, 0.15) is 23.6 Å². The van der Waals surface area contributed by atoms with Crippen molar-refractivity contribution in [1.29, 1.82) is 0 Å². The molecule has 1 N–H and O–H groups in total. The summed E-state index contributed by atoms with van der Waals surface area (Å²) in [7, 11) is -2.76. The minimum absolute atomic E-state index is 0.0433. The van der Waals surface area contributed by atoms with E-state index < -0.39 is 28.5 Å². The second kappa shape index (κ2) is 14.9. The molecule has 44 heavy (non-hydrogen) atoms. The largest absolute Gasteiger partial charge is 0.492 e. The Bertz CT molecular complexity index is 1660. The predicted molar refractivity (Wildman–Crippen MR) is 173 cm³/mol. The number of rotatable bonds is 13. The van der Waals surface area contributed by atoms with Gasteiger partial charge in [0.2, 0.25) is 11.8 Å². The smallest absolute Gasteiger partial charge is 0.264 e. The molecule has 0 fully saturated rings. The fourth-order valence-corrected chi connectivity index (χ4v) is 6.35. The van der Waals surface area contributed by atoms with E-state index in [-0.39, 0.29) is 36.1 Å². The van der Waals surface area contributed by atoms with Gasteiger partial charge in [-0.15, -0.1) is 0 Å². The van der Waals surface area contributed by atoms with Crippen molar-refractivity contribution in [3.8, 4) is 5.75 Å². The zero-order chi connectivity index (χ0) is 31.7. The van der Waals surface area contributed by atoms with Gasteiger partial charge in [-0.1, -0.05) is 83.9 Å². The summed E-state index contributed by atoms with van der Waals surface area (Å²) < 4.78 is 35.2. The van der Waals surface area contributed by atoms with E-state index in [1.165, 1.54) is 36.2 Å². The van der Waals surface area contributed by atoms with Crippen LogP contribution >= 0.6 is 11.6 Å². The van der Waals surface area contributed by atoms with Gasteiger partial charge in [0.15, 0.2) is 0 Å². The Balaban J connectivity index is 1.82. The van der Waals surface area contributed by atoms with Crippen molar-refractivity contribution in [2.45, 2.75) is 37.8 Å². The van der Waals surface area contributed by atoms with E-state index in [2.05, 4.69) is 5.32 Å². The summed E-state index contributed by atoms with van der Waals surface area (Å²) in [6.45, 7) is 3.55. The van der Waals surface area contributed by atoms with Crippen LogP contribution in [0.15, 0.2) is 108 Å². The number of amides is 2. The minimum Gasteiger partial charge on any atom is -0.492 e. The van der Waals surface area contributed by atoms with Crippen molar-refractivity contribution in [2.75, 3.05) is 24.5 Å². The van der Waals surface area contributed by atoms with Gasteiger partial charge in [0.1, 0.15) is 18.3 Å². The van der Waals surface area contributed by atoms with Crippen LogP contribution in [0, 0.1) is 6.92 Å². The summed E-state index contributed by atoms with van der Waals surface area (Å²) in [5.74, 6) is -0.618. The number of aryl methyl sites for hydroxylation is 1. The van der Waals surface area contributed by atoms with Crippen molar-refractivity contribution in [3.05, 3.63) is 125 Å². The van der Waals surface area contributed by atoms with Gasteiger partial charge in [-0.2, -0.15) is 0 Å². The molecule has 0 aromatic heterocycles. The van der Waals surface area contributed by atoms with Crippen LogP contribution in [0.2, 0.25) is 5.02 Å². The molecule has 0 aliphatic carbocycles. The number of halogens is 1. The lowest BCUT2D eigenvalue weighted by molar-refractivity contribution is -0.139. The average molecular weight is 634 g/mol. The van der Waals surface area contributed by atoms with Gasteiger partial charge >= 0.3 is 0 Å². The molecule has 0 radical (unpaired) electrons. The molecule has 230 valence electrons. The van der Waals surface area contributed by atoms with E-state index in [9.17, 15) is 18.0 Å². The van der Waals surface area contributed by atoms with Crippen molar-refractivity contribution >= 4 is 39.1 Å². The van der Waals surface area contributed by atoms with Crippen molar-refractivity contribution < 1.29 is 22.7 Å². The van der Waals surface area contributed by atoms with Gasteiger partial charge in [0.25, 0.3) is 10.0 Å². The monoisotopic (exact) mass is 633 g/mol. The van der Waals surface area contributed by atoms with Crippen LogP contribution in [-0.2, 0) is 32.6 Å².